The minimum Gasteiger partial charge on any atom is -0.342 e. The van der Waals surface area contributed by atoms with E-state index in [1.54, 1.807) is 0 Å². The number of nitrogens with two attached hydrogens (primary N) is 1. The van der Waals surface area contributed by atoms with Gasteiger partial charge in [0, 0.05) is 19.6 Å². The van der Waals surface area contributed by atoms with Gasteiger partial charge in [-0.1, -0.05) is 13.8 Å². The second-order valence-corrected chi connectivity index (χ2v) is 4.12. The van der Waals surface area contributed by atoms with E-state index in [2.05, 4.69) is 13.8 Å². The molecule has 0 saturated carbocycles. The lowest BCUT2D eigenvalue weighted by atomic mass is 9.94. The number of likely N-dealkylation sites (tertiary alicyclic amines) is 1. The lowest BCUT2D eigenvalue weighted by molar-refractivity contribution is -0.135. The van der Waals surface area contributed by atoms with Crippen LogP contribution in [0.5, 0.6) is 0 Å². The molecule has 3 nitrogen and oxygen atoms in total. The van der Waals surface area contributed by atoms with Crippen LogP contribution < -0.4 is 5.73 Å². The third-order valence-electron chi connectivity index (χ3n) is 2.79. The summed E-state index contributed by atoms with van der Waals surface area (Å²) in [4.78, 5) is 13.8. The zero-order valence-corrected chi connectivity index (χ0v) is 8.62. The number of nitrogens with zero attached hydrogens (tertiary/aromatic N) is 1. The van der Waals surface area contributed by atoms with Gasteiger partial charge in [0.05, 0.1) is 5.92 Å². The topological polar surface area (TPSA) is 46.3 Å². The van der Waals surface area contributed by atoms with E-state index in [4.69, 9.17) is 5.73 Å². The molecule has 1 heterocycles. The maximum atomic E-state index is 11.9. The lowest BCUT2D eigenvalue weighted by Crippen LogP contribution is -2.39. The molecule has 1 aliphatic rings. The van der Waals surface area contributed by atoms with E-state index in [1.807, 2.05) is 4.90 Å². The van der Waals surface area contributed by atoms with Crippen LogP contribution in [0.2, 0.25) is 0 Å². The van der Waals surface area contributed by atoms with Crippen molar-refractivity contribution in [3.8, 4) is 0 Å². The molecule has 0 aromatic carbocycles. The van der Waals surface area contributed by atoms with E-state index in [0.29, 0.717) is 12.5 Å². The molecule has 0 aromatic rings. The quantitative estimate of drug-likeness (QED) is 0.706. The molecule has 76 valence electrons. The van der Waals surface area contributed by atoms with Crippen LogP contribution in [-0.2, 0) is 4.79 Å². The number of hydrogen-bond acceptors (Lipinski definition) is 2. The van der Waals surface area contributed by atoms with Crippen LogP contribution in [0.3, 0.4) is 0 Å². The molecular formula is C10H20N2O. The van der Waals surface area contributed by atoms with E-state index in [0.717, 1.165) is 25.9 Å². The van der Waals surface area contributed by atoms with E-state index in [1.165, 1.54) is 0 Å². The van der Waals surface area contributed by atoms with E-state index in [9.17, 15) is 4.79 Å². The Bertz CT molecular complexity index is 174. The minimum atomic E-state index is 0.0260. The van der Waals surface area contributed by atoms with Gasteiger partial charge in [-0.25, -0.2) is 0 Å². The zero-order valence-electron chi connectivity index (χ0n) is 8.62. The highest BCUT2D eigenvalue weighted by Gasteiger charge is 2.27. The fourth-order valence-corrected chi connectivity index (χ4v) is 1.83. The van der Waals surface area contributed by atoms with Gasteiger partial charge in [-0.3, -0.25) is 4.79 Å². The molecule has 0 radical (unpaired) electrons. The molecule has 1 fully saturated rings. The molecule has 1 atom stereocenters. The molecule has 1 saturated heterocycles. The Morgan fingerprint density at radius 3 is 2.31 bits per heavy atom. The Kier molecular flexibility index (Phi) is 3.72. The van der Waals surface area contributed by atoms with Crippen molar-refractivity contribution in [1.29, 1.82) is 0 Å². The highest BCUT2D eigenvalue weighted by Crippen LogP contribution is 2.16. The van der Waals surface area contributed by atoms with Crippen molar-refractivity contribution in [2.24, 2.45) is 17.6 Å². The predicted octanol–water partition coefficient (Wildman–Crippen LogP) is 0.840. The standard InChI is InChI=1S/C10H20N2O/c1-8(2)9(7-11)10(13)12-5-3-4-6-12/h8-9H,3-7,11H2,1-2H3. The van der Waals surface area contributed by atoms with Gasteiger partial charge in [-0.05, 0) is 18.8 Å². The van der Waals surface area contributed by atoms with Gasteiger partial charge in [0.2, 0.25) is 5.91 Å². The average molecular weight is 184 g/mol. The number of rotatable bonds is 3. The van der Waals surface area contributed by atoms with Crippen LogP contribution in [0, 0.1) is 11.8 Å². The van der Waals surface area contributed by atoms with Crippen molar-refractivity contribution in [2.75, 3.05) is 19.6 Å². The summed E-state index contributed by atoms with van der Waals surface area (Å²) in [5.74, 6) is 0.645. The van der Waals surface area contributed by atoms with E-state index in [-0.39, 0.29) is 11.8 Å². The Morgan fingerprint density at radius 2 is 1.92 bits per heavy atom. The Balaban J connectivity index is 2.52. The summed E-state index contributed by atoms with van der Waals surface area (Å²) in [6.45, 7) is 6.47. The molecule has 1 aliphatic heterocycles. The first-order valence-corrected chi connectivity index (χ1v) is 5.15. The minimum absolute atomic E-state index is 0.0260. The van der Waals surface area contributed by atoms with Crippen LogP contribution in [0.15, 0.2) is 0 Å². The number of hydrogen-bond donors (Lipinski definition) is 1. The number of carbonyl (C=O) groups is 1. The molecule has 1 unspecified atom stereocenters. The van der Waals surface area contributed by atoms with Crippen LogP contribution in [0.4, 0.5) is 0 Å². The third-order valence-corrected chi connectivity index (χ3v) is 2.79. The van der Waals surface area contributed by atoms with Gasteiger partial charge in [-0.2, -0.15) is 0 Å². The van der Waals surface area contributed by atoms with E-state index >= 15 is 0 Å². The predicted molar refractivity (Wildman–Crippen MR) is 53.2 cm³/mol. The zero-order chi connectivity index (χ0) is 9.84. The van der Waals surface area contributed by atoms with Crippen molar-refractivity contribution in [1.82, 2.24) is 4.90 Å². The maximum Gasteiger partial charge on any atom is 0.227 e. The maximum absolute atomic E-state index is 11.9. The lowest BCUT2D eigenvalue weighted by Gasteiger charge is -2.24. The number of amides is 1. The molecule has 3 heteroatoms. The average Bonchev–Trinajstić information content (AvgIpc) is 2.56. The van der Waals surface area contributed by atoms with Gasteiger partial charge in [0.15, 0.2) is 0 Å². The fraction of sp³-hybridized carbons (Fsp3) is 0.900. The molecule has 1 amide bonds. The van der Waals surface area contributed by atoms with Crippen LogP contribution >= 0.6 is 0 Å². The molecule has 0 aliphatic carbocycles. The molecule has 0 aromatic heterocycles. The monoisotopic (exact) mass is 184 g/mol. The van der Waals surface area contributed by atoms with Gasteiger partial charge >= 0.3 is 0 Å². The highest BCUT2D eigenvalue weighted by molar-refractivity contribution is 5.79. The molecule has 0 spiro atoms. The van der Waals surface area contributed by atoms with Crippen LogP contribution in [0.1, 0.15) is 26.7 Å². The summed E-state index contributed by atoms with van der Waals surface area (Å²) >= 11 is 0. The van der Waals surface area contributed by atoms with Crippen molar-refractivity contribution in [3.63, 3.8) is 0 Å². The van der Waals surface area contributed by atoms with Crippen molar-refractivity contribution >= 4 is 5.91 Å². The highest BCUT2D eigenvalue weighted by atomic mass is 16.2. The molecule has 0 bridgehead atoms. The molecular weight excluding hydrogens is 164 g/mol. The van der Waals surface area contributed by atoms with Gasteiger partial charge in [-0.15, -0.1) is 0 Å². The summed E-state index contributed by atoms with van der Waals surface area (Å²) in [6.07, 6.45) is 2.31. The van der Waals surface area contributed by atoms with Gasteiger partial charge < -0.3 is 10.6 Å². The Hall–Kier alpha value is -0.570. The van der Waals surface area contributed by atoms with Crippen molar-refractivity contribution in [3.05, 3.63) is 0 Å². The molecule has 2 N–H and O–H groups in total. The first-order chi connectivity index (χ1) is 6.16. The number of carbonyl (C=O) groups excluding carboxylic acids is 1. The Labute approximate surface area is 80.3 Å². The summed E-state index contributed by atoms with van der Waals surface area (Å²) in [5.41, 5.74) is 5.59. The summed E-state index contributed by atoms with van der Waals surface area (Å²) in [7, 11) is 0. The normalized spacial score (nSPS) is 19.5. The smallest absolute Gasteiger partial charge is 0.227 e. The summed E-state index contributed by atoms with van der Waals surface area (Å²) < 4.78 is 0. The fourth-order valence-electron chi connectivity index (χ4n) is 1.83. The van der Waals surface area contributed by atoms with Crippen LogP contribution in [0.25, 0.3) is 0 Å². The van der Waals surface area contributed by atoms with Crippen molar-refractivity contribution < 1.29 is 4.79 Å². The van der Waals surface area contributed by atoms with Crippen LogP contribution in [-0.4, -0.2) is 30.4 Å². The SMILES string of the molecule is CC(C)C(CN)C(=O)N1CCCC1. The summed E-state index contributed by atoms with van der Waals surface area (Å²) in [5, 5.41) is 0. The second kappa shape index (κ2) is 4.61. The summed E-state index contributed by atoms with van der Waals surface area (Å²) in [6, 6.07) is 0. The Morgan fingerprint density at radius 1 is 1.38 bits per heavy atom. The molecule has 13 heavy (non-hydrogen) atoms. The van der Waals surface area contributed by atoms with Gasteiger partial charge in [0.25, 0.3) is 0 Å². The third kappa shape index (κ3) is 2.44. The largest absolute Gasteiger partial charge is 0.342 e. The van der Waals surface area contributed by atoms with E-state index < -0.39 is 0 Å². The second-order valence-electron chi connectivity index (χ2n) is 4.12. The first-order valence-electron chi connectivity index (χ1n) is 5.15. The van der Waals surface area contributed by atoms with Gasteiger partial charge in [0.1, 0.15) is 0 Å². The molecule has 1 rings (SSSR count). The first kappa shape index (κ1) is 10.5. The van der Waals surface area contributed by atoms with Crippen molar-refractivity contribution in [2.45, 2.75) is 26.7 Å².